The van der Waals surface area contributed by atoms with Gasteiger partial charge in [0.05, 0.1) is 13.2 Å². The smallest absolute Gasteiger partial charge is 0.218 e. The number of hydrogen-bond donors (Lipinski definition) is 1. The Kier molecular flexibility index (Phi) is 3.71. The Bertz CT molecular complexity index is 431. The molecular formula is C11H13N3OS. The number of rotatable bonds is 5. The standard InChI is InChI=1S/C11H13N3OS/c1-2-15-11-6-10(13-8-14-11)12-7-9-4-3-5-16-9/h3-6,8H,2,7H2,1H3,(H,12,13,14). The molecule has 2 heterocycles. The molecule has 2 aromatic heterocycles. The van der Waals surface area contributed by atoms with Crippen molar-refractivity contribution < 1.29 is 4.74 Å². The second kappa shape index (κ2) is 5.46. The van der Waals surface area contributed by atoms with Gasteiger partial charge >= 0.3 is 0 Å². The van der Waals surface area contributed by atoms with Crippen molar-refractivity contribution in [2.45, 2.75) is 13.5 Å². The van der Waals surface area contributed by atoms with Crippen LogP contribution in [0.25, 0.3) is 0 Å². The summed E-state index contributed by atoms with van der Waals surface area (Å²) in [6.07, 6.45) is 1.50. The molecule has 4 nitrogen and oxygen atoms in total. The number of anilines is 1. The maximum absolute atomic E-state index is 5.30. The van der Waals surface area contributed by atoms with Crippen molar-refractivity contribution in [2.75, 3.05) is 11.9 Å². The Morgan fingerprint density at radius 1 is 1.44 bits per heavy atom. The SMILES string of the molecule is CCOc1cc(NCc2cccs2)ncn1. The minimum absolute atomic E-state index is 0.603. The van der Waals surface area contributed by atoms with Crippen LogP contribution in [0, 0.1) is 0 Å². The van der Waals surface area contributed by atoms with Crippen molar-refractivity contribution in [3.05, 3.63) is 34.8 Å². The normalized spacial score (nSPS) is 10.1. The van der Waals surface area contributed by atoms with E-state index in [9.17, 15) is 0 Å². The van der Waals surface area contributed by atoms with Gasteiger partial charge in [-0.05, 0) is 18.4 Å². The number of hydrogen-bond acceptors (Lipinski definition) is 5. The maximum Gasteiger partial charge on any atom is 0.218 e. The van der Waals surface area contributed by atoms with Crippen LogP contribution in [0.3, 0.4) is 0 Å². The second-order valence-electron chi connectivity index (χ2n) is 3.11. The molecule has 0 radical (unpaired) electrons. The molecule has 0 amide bonds. The van der Waals surface area contributed by atoms with Crippen LogP contribution in [0.2, 0.25) is 0 Å². The van der Waals surface area contributed by atoms with Crippen molar-refractivity contribution in [3.63, 3.8) is 0 Å². The molecule has 0 atom stereocenters. The van der Waals surface area contributed by atoms with Gasteiger partial charge in [0.2, 0.25) is 5.88 Å². The predicted octanol–water partition coefficient (Wildman–Crippen LogP) is 2.55. The fraction of sp³-hybridized carbons (Fsp3) is 0.273. The summed E-state index contributed by atoms with van der Waals surface area (Å²) >= 11 is 1.72. The summed E-state index contributed by atoms with van der Waals surface area (Å²) in [5.74, 6) is 1.39. The molecule has 0 saturated carbocycles. The fourth-order valence-electron chi connectivity index (χ4n) is 1.25. The Balaban J connectivity index is 1.96. The van der Waals surface area contributed by atoms with Crippen LogP contribution in [0.4, 0.5) is 5.82 Å². The molecule has 0 aliphatic carbocycles. The van der Waals surface area contributed by atoms with Crippen LogP contribution >= 0.6 is 11.3 Å². The third kappa shape index (κ3) is 2.93. The lowest BCUT2D eigenvalue weighted by Crippen LogP contribution is -2.01. The molecule has 0 fully saturated rings. The van der Waals surface area contributed by atoms with Gasteiger partial charge in [-0.15, -0.1) is 11.3 Å². The summed E-state index contributed by atoms with van der Waals surface area (Å²) in [6, 6.07) is 5.92. The number of aromatic nitrogens is 2. The van der Waals surface area contributed by atoms with Crippen LogP contribution in [-0.4, -0.2) is 16.6 Å². The summed E-state index contributed by atoms with van der Waals surface area (Å²) in [4.78, 5) is 9.40. The molecule has 1 N–H and O–H groups in total. The zero-order valence-electron chi connectivity index (χ0n) is 9.01. The lowest BCUT2D eigenvalue weighted by Gasteiger charge is -2.05. The topological polar surface area (TPSA) is 47.0 Å². The second-order valence-corrected chi connectivity index (χ2v) is 4.14. The van der Waals surface area contributed by atoms with E-state index in [0.717, 1.165) is 12.4 Å². The van der Waals surface area contributed by atoms with Gasteiger partial charge in [-0.1, -0.05) is 6.07 Å². The van der Waals surface area contributed by atoms with Crippen LogP contribution in [0.15, 0.2) is 29.9 Å². The Hall–Kier alpha value is -1.62. The quantitative estimate of drug-likeness (QED) is 0.865. The zero-order chi connectivity index (χ0) is 11.2. The summed E-state index contributed by atoms with van der Waals surface area (Å²) < 4.78 is 5.30. The van der Waals surface area contributed by atoms with Crippen molar-refractivity contribution in [3.8, 4) is 5.88 Å². The lowest BCUT2D eigenvalue weighted by molar-refractivity contribution is 0.326. The first-order chi connectivity index (χ1) is 7.88. The number of ether oxygens (including phenoxy) is 1. The summed E-state index contributed by atoms with van der Waals surface area (Å²) in [5.41, 5.74) is 0. The number of nitrogens with one attached hydrogen (secondary N) is 1. The van der Waals surface area contributed by atoms with E-state index < -0.39 is 0 Å². The van der Waals surface area contributed by atoms with E-state index in [1.165, 1.54) is 11.2 Å². The Morgan fingerprint density at radius 3 is 3.12 bits per heavy atom. The van der Waals surface area contributed by atoms with E-state index in [1.54, 1.807) is 17.4 Å². The molecular weight excluding hydrogens is 222 g/mol. The van der Waals surface area contributed by atoms with E-state index >= 15 is 0 Å². The molecule has 0 saturated heterocycles. The third-order valence-electron chi connectivity index (χ3n) is 1.96. The van der Waals surface area contributed by atoms with Crippen LogP contribution < -0.4 is 10.1 Å². The van der Waals surface area contributed by atoms with Crippen molar-refractivity contribution in [1.29, 1.82) is 0 Å². The molecule has 84 valence electrons. The molecule has 0 aliphatic heterocycles. The highest BCUT2D eigenvalue weighted by Crippen LogP contribution is 2.14. The van der Waals surface area contributed by atoms with Crippen molar-refractivity contribution in [2.24, 2.45) is 0 Å². The number of nitrogens with zero attached hydrogens (tertiary/aromatic N) is 2. The molecule has 5 heteroatoms. The van der Waals surface area contributed by atoms with Crippen LogP contribution in [-0.2, 0) is 6.54 Å². The van der Waals surface area contributed by atoms with Crippen LogP contribution in [0.5, 0.6) is 5.88 Å². The van der Waals surface area contributed by atoms with Gasteiger partial charge in [0.15, 0.2) is 0 Å². The van der Waals surface area contributed by atoms with E-state index in [1.807, 2.05) is 13.0 Å². The highest BCUT2D eigenvalue weighted by atomic mass is 32.1. The fourth-order valence-corrected chi connectivity index (χ4v) is 1.90. The summed E-state index contributed by atoms with van der Waals surface area (Å²) in [5, 5.41) is 5.28. The van der Waals surface area contributed by atoms with Crippen molar-refractivity contribution >= 4 is 17.2 Å². The molecule has 0 spiro atoms. The highest BCUT2D eigenvalue weighted by Gasteiger charge is 1.99. The zero-order valence-corrected chi connectivity index (χ0v) is 9.83. The van der Waals surface area contributed by atoms with Gasteiger partial charge in [-0.3, -0.25) is 0 Å². The first kappa shape index (κ1) is 10.9. The average Bonchev–Trinajstić information content (AvgIpc) is 2.80. The first-order valence-corrected chi connectivity index (χ1v) is 5.97. The lowest BCUT2D eigenvalue weighted by atomic mass is 10.4. The minimum atomic E-state index is 0.603. The monoisotopic (exact) mass is 235 g/mol. The van der Waals surface area contributed by atoms with Gasteiger partial charge in [-0.2, -0.15) is 0 Å². The minimum Gasteiger partial charge on any atom is -0.478 e. The Morgan fingerprint density at radius 2 is 2.38 bits per heavy atom. The molecule has 2 aromatic rings. The predicted molar refractivity (Wildman–Crippen MR) is 64.8 cm³/mol. The molecule has 0 bridgehead atoms. The van der Waals surface area contributed by atoms with Gasteiger partial charge in [-0.25, -0.2) is 9.97 Å². The molecule has 0 aromatic carbocycles. The summed E-state index contributed by atoms with van der Waals surface area (Å²) in [7, 11) is 0. The largest absolute Gasteiger partial charge is 0.478 e. The molecule has 0 unspecified atom stereocenters. The van der Waals surface area contributed by atoms with Crippen LogP contribution in [0.1, 0.15) is 11.8 Å². The first-order valence-electron chi connectivity index (χ1n) is 5.09. The van der Waals surface area contributed by atoms with Gasteiger partial charge in [0.1, 0.15) is 12.1 Å². The van der Waals surface area contributed by atoms with E-state index in [4.69, 9.17) is 4.74 Å². The van der Waals surface area contributed by atoms with Gasteiger partial charge in [0.25, 0.3) is 0 Å². The summed E-state index contributed by atoms with van der Waals surface area (Å²) in [6.45, 7) is 3.32. The highest BCUT2D eigenvalue weighted by molar-refractivity contribution is 7.09. The molecule has 2 rings (SSSR count). The van der Waals surface area contributed by atoms with Crippen molar-refractivity contribution in [1.82, 2.24) is 9.97 Å². The van der Waals surface area contributed by atoms with E-state index in [2.05, 4.69) is 26.7 Å². The van der Waals surface area contributed by atoms with E-state index in [0.29, 0.717) is 12.5 Å². The van der Waals surface area contributed by atoms with E-state index in [-0.39, 0.29) is 0 Å². The molecule has 0 aliphatic rings. The number of thiophene rings is 1. The maximum atomic E-state index is 5.30. The Labute approximate surface area is 98.3 Å². The third-order valence-corrected chi connectivity index (χ3v) is 2.83. The molecule has 16 heavy (non-hydrogen) atoms. The average molecular weight is 235 g/mol. The van der Waals surface area contributed by atoms with Gasteiger partial charge in [0, 0.05) is 10.9 Å². The van der Waals surface area contributed by atoms with Gasteiger partial charge < -0.3 is 10.1 Å².